The van der Waals surface area contributed by atoms with E-state index in [9.17, 15) is 4.79 Å². The normalized spacial score (nSPS) is 16.4. The first-order valence-electron chi connectivity index (χ1n) is 4.27. The Labute approximate surface area is 71.4 Å². The smallest absolute Gasteiger partial charge is 0.166 e. The first kappa shape index (κ1) is 7.53. The van der Waals surface area contributed by atoms with Gasteiger partial charge in [0.15, 0.2) is 5.78 Å². The molecule has 0 spiro atoms. The maximum atomic E-state index is 11.5. The highest BCUT2D eigenvalue weighted by molar-refractivity contribution is 5.95. The van der Waals surface area contributed by atoms with Crippen molar-refractivity contribution in [1.29, 1.82) is 0 Å². The number of ketones is 1. The number of nitrogens with zero attached hydrogens (tertiary/aromatic N) is 2. The second-order valence-electron chi connectivity index (χ2n) is 3.47. The van der Waals surface area contributed by atoms with Crippen molar-refractivity contribution in [3.63, 3.8) is 0 Å². The molecule has 64 valence electrons. The molecule has 1 aromatic rings. The molecule has 0 saturated heterocycles. The molecule has 3 nitrogen and oxygen atoms in total. The minimum absolute atomic E-state index is 0.241. The summed E-state index contributed by atoms with van der Waals surface area (Å²) in [4.78, 5) is 11.5. The molecule has 1 aliphatic rings. The Kier molecular flexibility index (Phi) is 1.71. The Hall–Kier alpha value is -1.12. The number of hydrogen-bond donors (Lipinski definition) is 0. The number of hydrogen-bond acceptors (Lipinski definition) is 2. The Morgan fingerprint density at radius 3 is 3.00 bits per heavy atom. The van der Waals surface area contributed by atoms with Crippen LogP contribution < -0.4 is 0 Å². The van der Waals surface area contributed by atoms with Crippen molar-refractivity contribution in [1.82, 2.24) is 9.78 Å². The van der Waals surface area contributed by atoms with Crippen LogP contribution in [0.1, 0.15) is 29.6 Å². The lowest BCUT2D eigenvalue weighted by Gasteiger charge is -1.92. The fourth-order valence-electron chi connectivity index (χ4n) is 1.27. The average molecular weight is 164 g/mol. The van der Waals surface area contributed by atoms with E-state index in [2.05, 4.69) is 5.10 Å². The molecule has 1 aromatic heterocycles. The summed E-state index contributed by atoms with van der Waals surface area (Å²) in [5, 5.41) is 3.96. The quantitative estimate of drug-likeness (QED) is 0.633. The van der Waals surface area contributed by atoms with E-state index in [0.717, 1.165) is 5.56 Å². The fourth-order valence-corrected chi connectivity index (χ4v) is 1.27. The number of carbonyl (C=O) groups is 1. The second-order valence-corrected chi connectivity index (χ2v) is 3.47. The topological polar surface area (TPSA) is 34.9 Å². The summed E-state index contributed by atoms with van der Waals surface area (Å²) in [6.07, 6.45) is 6.60. The van der Waals surface area contributed by atoms with Gasteiger partial charge in [-0.15, -0.1) is 0 Å². The Balaban J connectivity index is 2.03. The third kappa shape index (κ3) is 1.55. The zero-order valence-corrected chi connectivity index (χ0v) is 7.16. The largest absolute Gasteiger partial charge is 0.294 e. The van der Waals surface area contributed by atoms with Crippen molar-refractivity contribution in [2.24, 2.45) is 13.0 Å². The van der Waals surface area contributed by atoms with Crippen molar-refractivity contribution in [3.8, 4) is 0 Å². The van der Waals surface area contributed by atoms with Crippen LogP contribution >= 0.6 is 0 Å². The van der Waals surface area contributed by atoms with E-state index < -0.39 is 0 Å². The van der Waals surface area contributed by atoms with Crippen LogP contribution in [0.25, 0.3) is 0 Å². The summed E-state index contributed by atoms with van der Waals surface area (Å²) in [5.74, 6) is 0.906. The monoisotopic (exact) mass is 164 g/mol. The van der Waals surface area contributed by atoms with Gasteiger partial charge in [0.1, 0.15) is 0 Å². The number of Topliss-reactive ketones (excluding diaryl/α,β-unsaturated/α-hetero) is 1. The SMILES string of the molecule is Cn1cc(C(=O)CC2CC2)cn1. The fraction of sp³-hybridized carbons (Fsp3) is 0.556. The molecule has 1 fully saturated rings. The molecular weight excluding hydrogens is 152 g/mol. The summed E-state index contributed by atoms with van der Waals surface area (Å²) < 4.78 is 1.67. The molecule has 1 aliphatic carbocycles. The zero-order chi connectivity index (χ0) is 8.55. The molecule has 0 N–H and O–H groups in total. The summed E-state index contributed by atoms with van der Waals surface area (Å²) in [6, 6.07) is 0. The van der Waals surface area contributed by atoms with Gasteiger partial charge >= 0.3 is 0 Å². The molecule has 0 aliphatic heterocycles. The summed E-state index contributed by atoms with van der Waals surface area (Å²) in [5.41, 5.74) is 0.754. The van der Waals surface area contributed by atoms with Crippen molar-refractivity contribution in [2.75, 3.05) is 0 Å². The lowest BCUT2D eigenvalue weighted by molar-refractivity contribution is 0.0976. The molecular formula is C9H12N2O. The predicted molar refractivity (Wildman–Crippen MR) is 44.9 cm³/mol. The predicted octanol–water partition coefficient (Wildman–Crippen LogP) is 1.40. The van der Waals surface area contributed by atoms with Gasteiger partial charge in [-0.3, -0.25) is 9.48 Å². The van der Waals surface area contributed by atoms with E-state index in [1.54, 1.807) is 17.1 Å². The third-order valence-electron chi connectivity index (χ3n) is 2.20. The van der Waals surface area contributed by atoms with Gasteiger partial charge in [0.2, 0.25) is 0 Å². The van der Waals surface area contributed by atoms with E-state index in [0.29, 0.717) is 12.3 Å². The minimum atomic E-state index is 0.241. The Morgan fingerprint density at radius 1 is 1.75 bits per heavy atom. The van der Waals surface area contributed by atoms with E-state index in [4.69, 9.17) is 0 Å². The van der Waals surface area contributed by atoms with Crippen molar-refractivity contribution in [2.45, 2.75) is 19.3 Å². The van der Waals surface area contributed by atoms with Gasteiger partial charge in [0.05, 0.1) is 11.8 Å². The van der Waals surface area contributed by atoms with Gasteiger partial charge in [-0.2, -0.15) is 5.10 Å². The molecule has 0 atom stereocenters. The maximum Gasteiger partial charge on any atom is 0.166 e. The van der Waals surface area contributed by atoms with Crippen LogP contribution in [-0.2, 0) is 7.05 Å². The summed E-state index contributed by atoms with van der Waals surface area (Å²) in [7, 11) is 1.83. The average Bonchev–Trinajstić information content (AvgIpc) is 2.72. The highest BCUT2D eigenvalue weighted by Crippen LogP contribution is 2.33. The van der Waals surface area contributed by atoms with Crippen LogP contribution in [0.15, 0.2) is 12.4 Å². The maximum absolute atomic E-state index is 11.5. The highest BCUT2D eigenvalue weighted by Gasteiger charge is 2.25. The van der Waals surface area contributed by atoms with Crippen molar-refractivity contribution < 1.29 is 4.79 Å². The zero-order valence-electron chi connectivity index (χ0n) is 7.16. The van der Waals surface area contributed by atoms with Gasteiger partial charge < -0.3 is 0 Å². The van der Waals surface area contributed by atoms with Crippen molar-refractivity contribution >= 4 is 5.78 Å². The number of carbonyl (C=O) groups excluding carboxylic acids is 1. The highest BCUT2D eigenvalue weighted by atomic mass is 16.1. The first-order valence-corrected chi connectivity index (χ1v) is 4.27. The molecule has 0 amide bonds. The van der Waals surface area contributed by atoms with Crippen LogP contribution in [0, 0.1) is 5.92 Å². The molecule has 0 aromatic carbocycles. The molecule has 0 bridgehead atoms. The standard InChI is InChI=1S/C9H12N2O/c1-11-6-8(5-10-11)9(12)4-7-2-3-7/h5-7H,2-4H2,1H3. The van der Waals surface area contributed by atoms with Crippen LogP contribution in [-0.4, -0.2) is 15.6 Å². The van der Waals surface area contributed by atoms with Crippen molar-refractivity contribution in [3.05, 3.63) is 18.0 Å². The lowest BCUT2D eigenvalue weighted by atomic mass is 10.1. The molecule has 3 heteroatoms. The minimum Gasteiger partial charge on any atom is -0.294 e. The van der Waals surface area contributed by atoms with Crippen LogP contribution in [0.4, 0.5) is 0 Å². The summed E-state index contributed by atoms with van der Waals surface area (Å²) in [6.45, 7) is 0. The van der Waals surface area contributed by atoms with Gasteiger partial charge in [0, 0.05) is 19.7 Å². The molecule has 0 radical (unpaired) electrons. The lowest BCUT2D eigenvalue weighted by Crippen LogP contribution is -1.98. The van der Waals surface area contributed by atoms with E-state index in [-0.39, 0.29) is 5.78 Å². The van der Waals surface area contributed by atoms with E-state index >= 15 is 0 Å². The molecule has 1 saturated carbocycles. The Bertz CT molecular complexity index is 299. The van der Waals surface area contributed by atoms with Gasteiger partial charge in [-0.25, -0.2) is 0 Å². The number of aryl methyl sites for hydroxylation is 1. The van der Waals surface area contributed by atoms with E-state index in [1.807, 2.05) is 7.05 Å². The van der Waals surface area contributed by atoms with Crippen LogP contribution in [0.5, 0.6) is 0 Å². The van der Waals surface area contributed by atoms with Gasteiger partial charge in [0.25, 0.3) is 0 Å². The molecule has 0 unspecified atom stereocenters. The molecule has 12 heavy (non-hydrogen) atoms. The van der Waals surface area contributed by atoms with Gasteiger partial charge in [-0.05, 0) is 18.8 Å². The summed E-state index contributed by atoms with van der Waals surface area (Å²) >= 11 is 0. The molecule has 2 rings (SSSR count). The van der Waals surface area contributed by atoms with E-state index in [1.165, 1.54) is 12.8 Å². The Morgan fingerprint density at radius 2 is 2.50 bits per heavy atom. The third-order valence-corrected chi connectivity index (χ3v) is 2.20. The first-order chi connectivity index (χ1) is 5.75. The van der Waals surface area contributed by atoms with Gasteiger partial charge in [-0.1, -0.05) is 0 Å². The number of aromatic nitrogens is 2. The second kappa shape index (κ2) is 2.73. The molecule has 1 heterocycles. The van der Waals surface area contributed by atoms with Crippen LogP contribution in [0.2, 0.25) is 0 Å². The number of rotatable bonds is 3. The van der Waals surface area contributed by atoms with Crippen LogP contribution in [0.3, 0.4) is 0 Å².